The molecule has 9 heteroatoms. The molecule has 21 heavy (non-hydrogen) atoms. The molecule has 1 aromatic heterocycles. The average Bonchev–Trinajstić information content (AvgIpc) is 2.37. The van der Waals surface area contributed by atoms with E-state index in [-0.39, 0.29) is 23.5 Å². The smallest absolute Gasteiger partial charge is 0.378 e. The Morgan fingerprint density at radius 3 is 2.95 bits per heavy atom. The summed E-state index contributed by atoms with van der Waals surface area (Å²) in [6.07, 6.45) is 3.70. The largest absolute Gasteiger partial charge is 0.488 e. The number of carbonyl (C=O) groups is 1. The minimum Gasteiger partial charge on any atom is -0.378 e. The molecule has 0 unspecified atom stereocenters. The van der Waals surface area contributed by atoms with Gasteiger partial charge in [-0.2, -0.15) is 8.42 Å². The Labute approximate surface area is 121 Å². The van der Waals surface area contributed by atoms with Crippen LogP contribution in [0.1, 0.15) is 30.1 Å². The molecule has 0 saturated carbocycles. The highest BCUT2D eigenvalue weighted by molar-refractivity contribution is 7.81. The number of nitrogens with one attached hydrogen (secondary N) is 1. The monoisotopic (exact) mass is 318 g/mol. The molecule has 1 amide bonds. The van der Waals surface area contributed by atoms with E-state index in [9.17, 15) is 17.1 Å². The fraction of sp³-hybridized carbons (Fsp3) is 0.500. The van der Waals surface area contributed by atoms with Crippen LogP contribution in [0.2, 0.25) is 0 Å². The predicted molar refractivity (Wildman–Crippen MR) is 70.8 cm³/mol. The van der Waals surface area contributed by atoms with Crippen molar-refractivity contribution in [2.45, 2.75) is 31.9 Å². The first-order chi connectivity index (χ1) is 9.83. The standard InChI is InChI=1S/C12H15FN2O5S/c1-8-4-10(2-3-19-8)15-12(16)9-5-11(7-14-6-9)20-21(13,17)18/h5-8,10H,2-4H2,1H3,(H,15,16)/t8-,10+/m1/s1. The molecule has 2 heterocycles. The third kappa shape index (κ3) is 4.94. The fourth-order valence-corrected chi connectivity index (χ4v) is 2.42. The van der Waals surface area contributed by atoms with Gasteiger partial charge < -0.3 is 14.2 Å². The first-order valence-electron chi connectivity index (χ1n) is 6.35. The molecule has 1 N–H and O–H groups in total. The zero-order valence-electron chi connectivity index (χ0n) is 11.3. The van der Waals surface area contributed by atoms with Crippen LogP contribution in [0, 0.1) is 0 Å². The summed E-state index contributed by atoms with van der Waals surface area (Å²) >= 11 is 0. The Balaban J connectivity index is 2.03. The first kappa shape index (κ1) is 15.6. The molecular formula is C12H15FN2O5S. The van der Waals surface area contributed by atoms with Crippen LogP contribution in [0.25, 0.3) is 0 Å². The highest BCUT2D eigenvalue weighted by atomic mass is 32.3. The quantitative estimate of drug-likeness (QED) is 0.831. The third-order valence-corrected chi connectivity index (χ3v) is 3.38. The van der Waals surface area contributed by atoms with Gasteiger partial charge in [0.1, 0.15) is 0 Å². The van der Waals surface area contributed by atoms with Crippen LogP contribution in [0.3, 0.4) is 0 Å². The number of nitrogens with zero attached hydrogens (tertiary/aromatic N) is 1. The normalized spacial score (nSPS) is 22.6. The van der Waals surface area contributed by atoms with Gasteiger partial charge >= 0.3 is 10.5 Å². The van der Waals surface area contributed by atoms with Crippen molar-refractivity contribution >= 4 is 16.4 Å². The molecule has 0 radical (unpaired) electrons. The molecule has 0 bridgehead atoms. The van der Waals surface area contributed by atoms with Crippen LogP contribution >= 0.6 is 0 Å². The average molecular weight is 318 g/mol. The molecule has 1 aliphatic heterocycles. The van der Waals surface area contributed by atoms with Gasteiger partial charge in [-0.3, -0.25) is 9.78 Å². The van der Waals surface area contributed by atoms with E-state index in [4.69, 9.17) is 4.74 Å². The van der Waals surface area contributed by atoms with E-state index in [1.54, 1.807) is 0 Å². The summed E-state index contributed by atoms with van der Waals surface area (Å²) < 4.78 is 42.7. The molecule has 0 aromatic carbocycles. The van der Waals surface area contributed by atoms with Gasteiger partial charge in [0.05, 0.1) is 17.9 Å². The van der Waals surface area contributed by atoms with Crippen molar-refractivity contribution in [2.75, 3.05) is 6.61 Å². The summed E-state index contributed by atoms with van der Waals surface area (Å²) in [5, 5.41) is 2.80. The zero-order valence-corrected chi connectivity index (χ0v) is 12.1. The molecule has 116 valence electrons. The number of amides is 1. The van der Waals surface area contributed by atoms with E-state index in [0.717, 1.165) is 12.3 Å². The lowest BCUT2D eigenvalue weighted by atomic mass is 10.0. The highest BCUT2D eigenvalue weighted by Gasteiger charge is 2.22. The van der Waals surface area contributed by atoms with Crippen LogP contribution in [-0.4, -0.2) is 38.1 Å². The summed E-state index contributed by atoms with van der Waals surface area (Å²) in [4.78, 5) is 15.7. The van der Waals surface area contributed by atoms with Crippen molar-refractivity contribution in [3.8, 4) is 5.75 Å². The maximum Gasteiger partial charge on any atom is 0.488 e. The van der Waals surface area contributed by atoms with E-state index < -0.39 is 16.4 Å². The van der Waals surface area contributed by atoms with Gasteiger partial charge in [0, 0.05) is 18.8 Å². The minimum absolute atomic E-state index is 0.0317. The van der Waals surface area contributed by atoms with Gasteiger partial charge in [-0.25, -0.2) is 0 Å². The Hall–Kier alpha value is -1.74. The van der Waals surface area contributed by atoms with E-state index in [1.165, 1.54) is 6.20 Å². The number of carbonyl (C=O) groups excluding carboxylic acids is 1. The van der Waals surface area contributed by atoms with E-state index in [0.29, 0.717) is 19.4 Å². The summed E-state index contributed by atoms with van der Waals surface area (Å²) in [5.74, 6) is -0.784. The Bertz CT molecular complexity index is 622. The number of hydrogen-bond acceptors (Lipinski definition) is 6. The van der Waals surface area contributed by atoms with Gasteiger partial charge in [0.2, 0.25) is 0 Å². The predicted octanol–water partition coefficient (Wildman–Crippen LogP) is 0.972. The van der Waals surface area contributed by atoms with Crippen LogP contribution in [0.5, 0.6) is 5.75 Å². The second-order valence-corrected chi connectivity index (χ2v) is 5.71. The Morgan fingerprint density at radius 2 is 2.29 bits per heavy atom. The number of pyridine rings is 1. The van der Waals surface area contributed by atoms with Crippen LogP contribution < -0.4 is 9.50 Å². The number of halogens is 1. The summed E-state index contributed by atoms with van der Waals surface area (Å²) in [6.45, 7) is 2.48. The van der Waals surface area contributed by atoms with Crippen molar-refractivity contribution in [2.24, 2.45) is 0 Å². The van der Waals surface area contributed by atoms with Crippen LogP contribution in [0.4, 0.5) is 3.89 Å². The second-order valence-electron chi connectivity index (χ2n) is 4.76. The highest BCUT2D eigenvalue weighted by Crippen LogP contribution is 2.16. The lowest BCUT2D eigenvalue weighted by Gasteiger charge is -2.27. The summed E-state index contributed by atoms with van der Waals surface area (Å²) in [5.41, 5.74) is 0.0929. The van der Waals surface area contributed by atoms with Crippen molar-refractivity contribution in [3.63, 3.8) is 0 Å². The van der Waals surface area contributed by atoms with Crippen LogP contribution in [0.15, 0.2) is 18.5 Å². The lowest BCUT2D eigenvalue weighted by molar-refractivity contribution is 0.0136. The molecule has 1 aromatic rings. The van der Waals surface area contributed by atoms with Gasteiger partial charge in [0.15, 0.2) is 5.75 Å². The number of ether oxygens (including phenoxy) is 1. The van der Waals surface area contributed by atoms with Gasteiger partial charge in [-0.15, -0.1) is 0 Å². The number of aromatic nitrogens is 1. The van der Waals surface area contributed by atoms with Crippen LogP contribution in [-0.2, 0) is 15.2 Å². The number of hydrogen-bond donors (Lipinski definition) is 1. The molecule has 1 aliphatic rings. The second kappa shape index (κ2) is 6.35. The van der Waals surface area contributed by atoms with E-state index in [2.05, 4.69) is 14.5 Å². The Kier molecular flexibility index (Phi) is 4.73. The molecule has 2 rings (SSSR count). The number of rotatable bonds is 4. The van der Waals surface area contributed by atoms with Crippen molar-refractivity contribution in [3.05, 3.63) is 24.0 Å². The topological polar surface area (TPSA) is 94.6 Å². The summed E-state index contributed by atoms with van der Waals surface area (Å²) in [6, 6.07) is 1.08. The Morgan fingerprint density at radius 1 is 1.52 bits per heavy atom. The van der Waals surface area contributed by atoms with Gasteiger partial charge in [0.25, 0.3) is 5.91 Å². The SMILES string of the molecule is C[C@@H]1C[C@@H](NC(=O)c2cncc(OS(=O)(=O)F)c2)CCO1. The molecule has 1 fully saturated rings. The molecule has 0 spiro atoms. The minimum atomic E-state index is -5.14. The third-order valence-electron chi connectivity index (χ3n) is 2.99. The molecule has 2 atom stereocenters. The van der Waals surface area contributed by atoms with Gasteiger partial charge in [-0.1, -0.05) is 3.89 Å². The van der Waals surface area contributed by atoms with Gasteiger partial charge in [-0.05, 0) is 25.8 Å². The van der Waals surface area contributed by atoms with Crippen molar-refractivity contribution in [1.29, 1.82) is 0 Å². The van der Waals surface area contributed by atoms with E-state index >= 15 is 0 Å². The maximum absolute atomic E-state index is 12.4. The molecule has 1 saturated heterocycles. The zero-order chi connectivity index (χ0) is 15.5. The molecule has 0 aliphatic carbocycles. The lowest BCUT2D eigenvalue weighted by Crippen LogP contribution is -2.41. The van der Waals surface area contributed by atoms with E-state index in [1.807, 2.05) is 6.92 Å². The van der Waals surface area contributed by atoms with Crippen molar-refractivity contribution < 1.29 is 26.0 Å². The molecule has 7 nitrogen and oxygen atoms in total. The van der Waals surface area contributed by atoms with Crippen molar-refractivity contribution in [1.82, 2.24) is 10.3 Å². The molecular weight excluding hydrogens is 303 g/mol. The maximum atomic E-state index is 12.4. The first-order valence-corrected chi connectivity index (χ1v) is 7.66. The summed E-state index contributed by atoms with van der Waals surface area (Å²) in [7, 11) is -5.14. The fourth-order valence-electron chi connectivity index (χ4n) is 2.10.